The lowest BCUT2D eigenvalue weighted by atomic mass is 10.1. The number of rotatable bonds is 5. The molecular weight excluding hydrogens is 292 g/mol. The monoisotopic (exact) mass is 310 g/mol. The van der Waals surface area contributed by atoms with E-state index in [2.05, 4.69) is 10.5 Å². The molecule has 5 heteroatoms. The molecule has 1 amide bonds. The van der Waals surface area contributed by atoms with Gasteiger partial charge in [0.15, 0.2) is 11.5 Å². The van der Waals surface area contributed by atoms with Crippen molar-refractivity contribution in [2.45, 2.75) is 12.3 Å². The number of hydrogen-bond acceptors (Lipinski definition) is 4. The first-order chi connectivity index (χ1) is 11.2. The third kappa shape index (κ3) is 3.34. The summed E-state index contributed by atoms with van der Waals surface area (Å²) in [6.45, 7) is 0. The molecule has 3 rings (SSSR count). The molecule has 1 aliphatic rings. The van der Waals surface area contributed by atoms with Gasteiger partial charge in [-0.2, -0.15) is 5.10 Å². The van der Waals surface area contributed by atoms with Gasteiger partial charge in [-0.15, -0.1) is 0 Å². The minimum Gasteiger partial charge on any atom is -0.504 e. The van der Waals surface area contributed by atoms with E-state index in [1.165, 1.54) is 18.9 Å². The number of phenolic OH excluding ortho intramolecular Hbond substituents is 1. The van der Waals surface area contributed by atoms with E-state index >= 15 is 0 Å². The first-order valence-corrected chi connectivity index (χ1v) is 7.44. The molecule has 0 heterocycles. The predicted octanol–water partition coefficient (Wildman–Crippen LogP) is 2.65. The van der Waals surface area contributed by atoms with Gasteiger partial charge in [0.2, 0.25) is 5.91 Å². The number of benzene rings is 2. The highest BCUT2D eigenvalue weighted by Crippen LogP contribution is 2.47. The molecule has 2 atom stereocenters. The Labute approximate surface area is 134 Å². The maximum Gasteiger partial charge on any atom is 0.243 e. The van der Waals surface area contributed by atoms with Gasteiger partial charge in [-0.1, -0.05) is 36.4 Å². The molecular formula is C18H18N2O3. The van der Waals surface area contributed by atoms with Crippen LogP contribution in [0.4, 0.5) is 0 Å². The molecule has 1 fully saturated rings. The fourth-order valence-electron chi connectivity index (χ4n) is 2.61. The van der Waals surface area contributed by atoms with Crippen LogP contribution in [-0.2, 0) is 4.79 Å². The van der Waals surface area contributed by atoms with Gasteiger partial charge in [-0.05, 0) is 30.0 Å². The summed E-state index contributed by atoms with van der Waals surface area (Å²) in [7, 11) is 1.48. The van der Waals surface area contributed by atoms with E-state index in [0.29, 0.717) is 11.3 Å². The summed E-state index contributed by atoms with van der Waals surface area (Å²) >= 11 is 0. The SMILES string of the molecule is COc1cccc(/C=N/NC(=O)[C@@H]2C[C@@H]2c2ccccc2)c1O. The third-order valence-corrected chi connectivity index (χ3v) is 3.98. The summed E-state index contributed by atoms with van der Waals surface area (Å²) in [4.78, 5) is 12.1. The zero-order chi connectivity index (χ0) is 16.2. The van der Waals surface area contributed by atoms with Gasteiger partial charge < -0.3 is 9.84 Å². The highest BCUT2D eigenvalue weighted by Gasteiger charge is 2.43. The Hall–Kier alpha value is -2.82. The molecule has 2 N–H and O–H groups in total. The van der Waals surface area contributed by atoms with Crippen LogP contribution in [0.2, 0.25) is 0 Å². The molecule has 5 nitrogen and oxygen atoms in total. The maximum atomic E-state index is 12.1. The smallest absolute Gasteiger partial charge is 0.243 e. The standard InChI is InChI=1S/C18H18N2O3/c1-23-16-9-5-8-13(17(16)21)11-19-20-18(22)15-10-14(15)12-6-3-2-4-7-12/h2-9,11,14-15,21H,10H2,1H3,(H,20,22)/b19-11+/t14-,15-/m1/s1. The number of phenols is 1. The second-order valence-corrected chi connectivity index (χ2v) is 5.49. The van der Waals surface area contributed by atoms with Crippen molar-refractivity contribution in [3.63, 3.8) is 0 Å². The second kappa shape index (κ2) is 6.52. The fraction of sp³-hybridized carbons (Fsp3) is 0.222. The van der Waals surface area contributed by atoms with E-state index in [-0.39, 0.29) is 23.5 Å². The molecule has 0 aliphatic heterocycles. The number of amides is 1. The number of hydrogen-bond donors (Lipinski definition) is 2. The topological polar surface area (TPSA) is 70.9 Å². The average molecular weight is 310 g/mol. The summed E-state index contributed by atoms with van der Waals surface area (Å²) in [6.07, 6.45) is 2.26. The van der Waals surface area contributed by atoms with Gasteiger partial charge in [-0.25, -0.2) is 5.43 Å². The number of hydrazone groups is 1. The van der Waals surface area contributed by atoms with Crippen molar-refractivity contribution in [1.82, 2.24) is 5.43 Å². The number of nitrogens with zero attached hydrogens (tertiary/aromatic N) is 1. The van der Waals surface area contributed by atoms with Crippen LogP contribution < -0.4 is 10.2 Å². The molecule has 0 unspecified atom stereocenters. The zero-order valence-electron chi connectivity index (χ0n) is 12.8. The lowest BCUT2D eigenvalue weighted by Gasteiger charge is -2.05. The van der Waals surface area contributed by atoms with E-state index in [1.807, 2.05) is 30.3 Å². The van der Waals surface area contributed by atoms with Crippen LogP contribution in [-0.4, -0.2) is 24.3 Å². The molecule has 0 bridgehead atoms. The van der Waals surface area contributed by atoms with Crippen LogP contribution in [0.15, 0.2) is 53.6 Å². The van der Waals surface area contributed by atoms with E-state index < -0.39 is 0 Å². The molecule has 1 saturated carbocycles. The largest absolute Gasteiger partial charge is 0.504 e. The Morgan fingerprint density at radius 2 is 2.04 bits per heavy atom. The summed E-state index contributed by atoms with van der Waals surface area (Å²) in [6, 6.07) is 15.1. The van der Waals surface area contributed by atoms with Gasteiger partial charge in [-0.3, -0.25) is 4.79 Å². The minimum atomic E-state index is -0.0995. The maximum absolute atomic E-state index is 12.1. The van der Waals surface area contributed by atoms with Crippen molar-refractivity contribution in [2.24, 2.45) is 11.0 Å². The summed E-state index contributed by atoms with van der Waals surface area (Å²) in [5.41, 5.74) is 4.20. The summed E-state index contributed by atoms with van der Waals surface area (Å²) in [5, 5.41) is 13.9. The summed E-state index contributed by atoms with van der Waals surface area (Å²) < 4.78 is 5.03. The lowest BCUT2D eigenvalue weighted by molar-refractivity contribution is -0.122. The molecule has 118 valence electrons. The molecule has 23 heavy (non-hydrogen) atoms. The van der Waals surface area contributed by atoms with Gasteiger partial charge in [0.25, 0.3) is 0 Å². The number of aromatic hydroxyl groups is 1. The Morgan fingerprint density at radius 1 is 1.26 bits per heavy atom. The number of nitrogens with one attached hydrogen (secondary N) is 1. The quantitative estimate of drug-likeness (QED) is 0.659. The van der Waals surface area contributed by atoms with E-state index in [4.69, 9.17) is 4.74 Å². The molecule has 2 aromatic rings. The van der Waals surface area contributed by atoms with Crippen molar-refractivity contribution >= 4 is 12.1 Å². The predicted molar refractivity (Wildman–Crippen MR) is 87.7 cm³/mol. The number of methoxy groups -OCH3 is 1. The Morgan fingerprint density at radius 3 is 2.78 bits per heavy atom. The van der Waals surface area contributed by atoms with E-state index in [0.717, 1.165) is 6.42 Å². The van der Waals surface area contributed by atoms with Crippen LogP contribution in [0.3, 0.4) is 0 Å². The van der Waals surface area contributed by atoms with Gasteiger partial charge >= 0.3 is 0 Å². The van der Waals surface area contributed by atoms with Crippen LogP contribution in [0.25, 0.3) is 0 Å². The van der Waals surface area contributed by atoms with Crippen molar-refractivity contribution in [2.75, 3.05) is 7.11 Å². The molecule has 0 spiro atoms. The number of carbonyl (C=O) groups excluding carboxylic acids is 1. The highest BCUT2D eigenvalue weighted by molar-refractivity contribution is 5.87. The zero-order valence-corrected chi connectivity index (χ0v) is 12.8. The van der Waals surface area contributed by atoms with Crippen molar-refractivity contribution in [1.29, 1.82) is 0 Å². The normalized spacial score (nSPS) is 19.5. The molecule has 2 aromatic carbocycles. The number of para-hydroxylation sites is 1. The number of carbonyl (C=O) groups is 1. The van der Waals surface area contributed by atoms with Gasteiger partial charge in [0.1, 0.15) is 0 Å². The Balaban J connectivity index is 1.58. The average Bonchev–Trinajstić information content (AvgIpc) is 3.38. The third-order valence-electron chi connectivity index (χ3n) is 3.98. The Bertz CT molecular complexity index is 728. The molecule has 0 aromatic heterocycles. The van der Waals surface area contributed by atoms with Crippen LogP contribution in [0.5, 0.6) is 11.5 Å². The van der Waals surface area contributed by atoms with Crippen LogP contribution in [0.1, 0.15) is 23.5 Å². The van der Waals surface area contributed by atoms with Crippen molar-refractivity contribution in [3.8, 4) is 11.5 Å². The molecule has 0 saturated heterocycles. The number of ether oxygens (including phenoxy) is 1. The van der Waals surface area contributed by atoms with Crippen LogP contribution in [0, 0.1) is 5.92 Å². The first-order valence-electron chi connectivity index (χ1n) is 7.44. The second-order valence-electron chi connectivity index (χ2n) is 5.49. The molecule has 0 radical (unpaired) electrons. The van der Waals surface area contributed by atoms with Gasteiger partial charge in [0.05, 0.1) is 13.3 Å². The van der Waals surface area contributed by atoms with Crippen molar-refractivity contribution in [3.05, 3.63) is 59.7 Å². The first kappa shape index (κ1) is 15.1. The lowest BCUT2D eigenvalue weighted by Crippen LogP contribution is -2.20. The van der Waals surface area contributed by atoms with E-state index in [9.17, 15) is 9.90 Å². The Kier molecular flexibility index (Phi) is 4.28. The van der Waals surface area contributed by atoms with Gasteiger partial charge in [0, 0.05) is 11.5 Å². The van der Waals surface area contributed by atoms with E-state index in [1.54, 1.807) is 18.2 Å². The highest BCUT2D eigenvalue weighted by atomic mass is 16.5. The van der Waals surface area contributed by atoms with Crippen molar-refractivity contribution < 1.29 is 14.6 Å². The van der Waals surface area contributed by atoms with Crippen LogP contribution >= 0.6 is 0 Å². The summed E-state index contributed by atoms with van der Waals surface area (Å²) in [5.74, 6) is 0.510. The minimum absolute atomic E-state index is 0.00147. The fourth-order valence-corrected chi connectivity index (χ4v) is 2.61. The molecule has 1 aliphatic carbocycles.